The van der Waals surface area contributed by atoms with Gasteiger partial charge >= 0.3 is 0 Å². The van der Waals surface area contributed by atoms with Crippen molar-refractivity contribution in [1.82, 2.24) is 4.90 Å². The first-order chi connectivity index (χ1) is 12.7. The predicted octanol–water partition coefficient (Wildman–Crippen LogP) is 3.60. The summed E-state index contributed by atoms with van der Waals surface area (Å²) in [5.74, 6) is 0.995. The summed E-state index contributed by atoms with van der Waals surface area (Å²) in [5, 5.41) is 0. The van der Waals surface area contributed by atoms with Gasteiger partial charge in [-0.15, -0.1) is 0 Å². The van der Waals surface area contributed by atoms with Crippen molar-refractivity contribution in [3.63, 3.8) is 0 Å². The zero-order valence-electron chi connectivity index (χ0n) is 15.9. The Kier molecular flexibility index (Phi) is 6.56. The molecule has 5 nitrogen and oxygen atoms in total. The summed E-state index contributed by atoms with van der Waals surface area (Å²) < 4.78 is 12.1. The Bertz CT molecular complexity index is 606. The molecule has 142 valence electrons. The van der Waals surface area contributed by atoms with E-state index in [2.05, 4.69) is 36.1 Å². The number of hydrogen-bond acceptors (Lipinski definition) is 4. The van der Waals surface area contributed by atoms with Gasteiger partial charge in [-0.25, -0.2) is 0 Å². The summed E-state index contributed by atoms with van der Waals surface area (Å²) in [6.45, 7) is 7.03. The van der Waals surface area contributed by atoms with E-state index in [1.807, 2.05) is 17.0 Å². The molecular weight excluding hydrogens is 328 g/mol. The van der Waals surface area contributed by atoms with Gasteiger partial charge in [0.05, 0.1) is 6.10 Å². The average molecular weight is 358 g/mol. The van der Waals surface area contributed by atoms with Gasteiger partial charge in [0.15, 0.2) is 6.29 Å². The number of piperazine rings is 1. The second-order valence-corrected chi connectivity index (χ2v) is 6.98. The first-order valence-corrected chi connectivity index (χ1v) is 9.75. The van der Waals surface area contributed by atoms with Crippen LogP contribution >= 0.6 is 0 Å². The van der Waals surface area contributed by atoms with Gasteiger partial charge in [-0.3, -0.25) is 4.79 Å². The molecule has 5 heteroatoms. The molecule has 1 aromatic carbocycles. The highest BCUT2D eigenvalue weighted by molar-refractivity contribution is 5.73. The van der Waals surface area contributed by atoms with E-state index in [0.717, 1.165) is 51.2 Å². The molecule has 0 spiro atoms. The smallest absolute Gasteiger partial charge is 0.219 e. The summed E-state index contributed by atoms with van der Waals surface area (Å²) in [7, 11) is 0. The Hall–Kier alpha value is -2.01. The first-order valence-electron chi connectivity index (χ1n) is 9.75. The number of ether oxygens (including phenoxy) is 2. The van der Waals surface area contributed by atoms with Crippen molar-refractivity contribution >= 4 is 11.6 Å². The number of benzene rings is 1. The molecule has 1 fully saturated rings. The van der Waals surface area contributed by atoms with Crippen molar-refractivity contribution in [2.75, 3.05) is 31.1 Å². The first kappa shape index (κ1) is 18.8. The molecule has 1 heterocycles. The number of carbonyl (C=O) groups is 1. The van der Waals surface area contributed by atoms with Crippen LogP contribution in [-0.4, -0.2) is 49.4 Å². The van der Waals surface area contributed by atoms with Crippen molar-refractivity contribution in [3.05, 3.63) is 36.4 Å². The second-order valence-electron chi connectivity index (χ2n) is 6.98. The van der Waals surface area contributed by atoms with Gasteiger partial charge in [-0.2, -0.15) is 0 Å². The maximum absolute atomic E-state index is 11.4. The molecule has 0 radical (unpaired) electrons. The van der Waals surface area contributed by atoms with E-state index < -0.39 is 0 Å². The Labute approximate surface area is 156 Å². The Morgan fingerprint density at radius 2 is 1.92 bits per heavy atom. The maximum Gasteiger partial charge on any atom is 0.219 e. The van der Waals surface area contributed by atoms with Gasteiger partial charge in [-0.05, 0) is 43.5 Å². The molecule has 3 rings (SSSR count). The third kappa shape index (κ3) is 5.01. The average Bonchev–Trinajstić information content (AvgIpc) is 2.69. The zero-order valence-corrected chi connectivity index (χ0v) is 15.9. The monoisotopic (exact) mass is 358 g/mol. The minimum atomic E-state index is -0.215. The van der Waals surface area contributed by atoms with Gasteiger partial charge in [-0.1, -0.05) is 19.1 Å². The largest absolute Gasteiger partial charge is 0.465 e. The van der Waals surface area contributed by atoms with E-state index in [1.165, 1.54) is 12.1 Å². The molecular formula is C21H30N2O3. The summed E-state index contributed by atoms with van der Waals surface area (Å²) in [4.78, 5) is 15.6. The summed E-state index contributed by atoms with van der Waals surface area (Å²) >= 11 is 0. The normalized spacial score (nSPS) is 21.5. The number of amides is 1. The van der Waals surface area contributed by atoms with Crippen LogP contribution in [0.3, 0.4) is 0 Å². The van der Waals surface area contributed by atoms with Gasteiger partial charge in [0.2, 0.25) is 5.91 Å². The topological polar surface area (TPSA) is 42.0 Å². The van der Waals surface area contributed by atoms with Gasteiger partial charge in [0.25, 0.3) is 0 Å². The molecule has 1 saturated heterocycles. The molecule has 1 aliphatic carbocycles. The fourth-order valence-electron chi connectivity index (χ4n) is 3.46. The molecule has 2 aliphatic rings. The maximum atomic E-state index is 11.4. The lowest BCUT2D eigenvalue weighted by Crippen LogP contribution is -2.48. The van der Waals surface area contributed by atoms with E-state index in [4.69, 9.17) is 9.47 Å². The van der Waals surface area contributed by atoms with E-state index >= 15 is 0 Å². The molecule has 1 amide bonds. The SMILES string of the molecule is CCC(Oc1ccc(N2CCN(C(C)=O)CC2)cc1)OC1C=CCCC1. The predicted molar refractivity (Wildman–Crippen MR) is 103 cm³/mol. The molecule has 1 aliphatic heterocycles. The number of nitrogens with zero attached hydrogens (tertiary/aromatic N) is 2. The molecule has 2 unspecified atom stereocenters. The highest BCUT2D eigenvalue weighted by Crippen LogP contribution is 2.23. The van der Waals surface area contributed by atoms with Gasteiger partial charge in [0.1, 0.15) is 5.75 Å². The number of allylic oxidation sites excluding steroid dienone is 1. The molecule has 2 atom stereocenters. The zero-order chi connectivity index (χ0) is 18.4. The molecule has 0 aromatic heterocycles. The van der Waals surface area contributed by atoms with E-state index in [-0.39, 0.29) is 18.3 Å². The highest BCUT2D eigenvalue weighted by atomic mass is 16.7. The lowest BCUT2D eigenvalue weighted by molar-refractivity contribution is -0.129. The molecule has 26 heavy (non-hydrogen) atoms. The van der Waals surface area contributed by atoms with Crippen LogP contribution in [0.5, 0.6) is 5.75 Å². The third-order valence-electron chi connectivity index (χ3n) is 5.06. The summed E-state index contributed by atoms with van der Waals surface area (Å²) in [6.07, 6.45) is 8.53. The molecule has 0 N–H and O–H groups in total. The van der Waals surface area contributed by atoms with E-state index in [0.29, 0.717) is 0 Å². The van der Waals surface area contributed by atoms with Crippen LogP contribution in [0.4, 0.5) is 5.69 Å². The molecule has 0 saturated carbocycles. The minimum Gasteiger partial charge on any atom is -0.465 e. The number of carbonyl (C=O) groups excluding carboxylic acids is 1. The Balaban J connectivity index is 1.52. The highest BCUT2D eigenvalue weighted by Gasteiger charge is 2.19. The minimum absolute atomic E-state index is 0.159. The lowest BCUT2D eigenvalue weighted by atomic mass is 10.1. The van der Waals surface area contributed by atoms with Gasteiger partial charge < -0.3 is 19.3 Å². The fraction of sp³-hybridized carbons (Fsp3) is 0.571. The molecule has 0 bridgehead atoms. The van der Waals surface area contributed by atoms with Crippen LogP contribution < -0.4 is 9.64 Å². The number of rotatable bonds is 6. The van der Waals surface area contributed by atoms with Crippen molar-refractivity contribution in [2.24, 2.45) is 0 Å². The summed E-state index contributed by atoms with van der Waals surface area (Å²) in [5.41, 5.74) is 1.17. The van der Waals surface area contributed by atoms with Gasteiger partial charge in [0, 0.05) is 45.2 Å². The Morgan fingerprint density at radius 3 is 2.50 bits per heavy atom. The summed E-state index contributed by atoms with van der Waals surface area (Å²) in [6, 6.07) is 8.20. The van der Waals surface area contributed by atoms with Crippen LogP contribution in [0.15, 0.2) is 36.4 Å². The van der Waals surface area contributed by atoms with Crippen molar-refractivity contribution in [3.8, 4) is 5.75 Å². The van der Waals surface area contributed by atoms with Crippen LogP contribution in [0.2, 0.25) is 0 Å². The number of hydrogen-bond donors (Lipinski definition) is 0. The van der Waals surface area contributed by atoms with Crippen molar-refractivity contribution in [2.45, 2.75) is 51.9 Å². The quantitative estimate of drug-likeness (QED) is 0.576. The lowest BCUT2D eigenvalue weighted by Gasteiger charge is -2.35. The standard InChI is InChI=1S/C21H30N2O3/c1-3-21(25-19-7-5-4-6-8-19)26-20-11-9-18(10-12-20)23-15-13-22(14-16-23)17(2)24/h5,7,9-12,19,21H,3-4,6,8,13-16H2,1-2H3. The fourth-order valence-corrected chi connectivity index (χ4v) is 3.46. The second kappa shape index (κ2) is 9.08. The van der Waals surface area contributed by atoms with Crippen molar-refractivity contribution < 1.29 is 14.3 Å². The number of anilines is 1. The van der Waals surface area contributed by atoms with E-state index in [9.17, 15) is 4.79 Å². The van der Waals surface area contributed by atoms with Crippen molar-refractivity contribution in [1.29, 1.82) is 0 Å². The Morgan fingerprint density at radius 1 is 1.19 bits per heavy atom. The molecule has 1 aromatic rings. The van der Waals surface area contributed by atoms with Crippen LogP contribution in [0, 0.1) is 0 Å². The van der Waals surface area contributed by atoms with E-state index in [1.54, 1.807) is 6.92 Å². The third-order valence-corrected chi connectivity index (χ3v) is 5.06. The van der Waals surface area contributed by atoms with Crippen LogP contribution in [0.1, 0.15) is 39.5 Å². The van der Waals surface area contributed by atoms with Crippen LogP contribution in [0.25, 0.3) is 0 Å². The van der Waals surface area contributed by atoms with Crippen LogP contribution in [-0.2, 0) is 9.53 Å².